The van der Waals surface area contributed by atoms with E-state index in [4.69, 9.17) is 28.2 Å². The second-order valence-corrected chi connectivity index (χ2v) is 17.8. The average Bonchev–Trinajstić information content (AvgIpc) is 3.73. The number of nitrogens with zero attached hydrogens (tertiary/aromatic N) is 6. The Labute approximate surface area is 357 Å². The van der Waals surface area contributed by atoms with Crippen LogP contribution in [-0.2, 0) is 40.8 Å². The van der Waals surface area contributed by atoms with E-state index in [9.17, 15) is 30.8 Å². The number of nitrogens with one attached hydrogen (secondary N) is 2. The molecule has 3 aromatic heterocycles. The minimum atomic E-state index is -3.91. The van der Waals surface area contributed by atoms with Crippen molar-refractivity contribution in [2.45, 2.75) is 43.7 Å². The van der Waals surface area contributed by atoms with E-state index >= 15 is 13.6 Å². The Balaban J connectivity index is 1.26. The quantitative estimate of drug-likeness (QED) is 0.124. The van der Waals surface area contributed by atoms with Gasteiger partial charge in [-0.25, -0.2) is 31.0 Å². The molecular formula is C41H30Cl2F6N8O4S. The van der Waals surface area contributed by atoms with E-state index in [0.717, 1.165) is 23.0 Å². The van der Waals surface area contributed by atoms with Gasteiger partial charge in [0.2, 0.25) is 15.9 Å². The second kappa shape index (κ2) is 14.9. The molecule has 0 radical (unpaired) electrons. The molecule has 2 aliphatic carbocycles. The first kappa shape index (κ1) is 41.4. The number of carbonyl (C=O) groups is 1. The van der Waals surface area contributed by atoms with Crippen molar-refractivity contribution in [3.63, 3.8) is 0 Å². The standard InChI is InChI=1S/C41H30Cl2F6N8O4S/c1-55-35-30(10-9-27(43)33(35)38(53-55)54-62(2,60)61)57-39(51-28-14-19(7-8-23(28)40(57)59)22-5-3-4-6-26(22)42)29(13-18-11-20(44)15-21(45)12-18)50-31(58)17-56-36-32(34(52-56)37(46)47)24-16-25(24)41(36,48)49/h3-12,14-15,24-25,29,37H,13,16-17H2,1-2H3,(H,50,58)(H,53,54)/t24-,25?,29-/m0/s1. The molecule has 4 aromatic carbocycles. The van der Waals surface area contributed by atoms with Crippen LogP contribution in [0.25, 0.3) is 38.6 Å². The molecule has 1 amide bonds. The lowest BCUT2D eigenvalue weighted by molar-refractivity contribution is -0.123. The molecule has 62 heavy (non-hydrogen) atoms. The smallest absolute Gasteiger partial charge is 0.293 e. The fourth-order valence-corrected chi connectivity index (χ4v) is 9.42. The molecule has 1 unspecified atom stereocenters. The fraction of sp³-hybridized carbons (Fsp3) is 0.244. The van der Waals surface area contributed by atoms with Gasteiger partial charge in [0.1, 0.15) is 35.4 Å². The molecule has 0 spiro atoms. The van der Waals surface area contributed by atoms with E-state index in [2.05, 4.69) is 20.2 Å². The molecule has 9 rings (SSSR count). The lowest BCUT2D eigenvalue weighted by Crippen LogP contribution is -2.38. The topological polar surface area (TPSA) is 146 Å². The van der Waals surface area contributed by atoms with Crippen LogP contribution in [0.15, 0.2) is 77.6 Å². The number of benzene rings is 4. The van der Waals surface area contributed by atoms with Crippen molar-refractivity contribution in [1.82, 2.24) is 34.4 Å². The molecule has 3 heterocycles. The van der Waals surface area contributed by atoms with Gasteiger partial charge in [0, 0.05) is 41.6 Å². The van der Waals surface area contributed by atoms with Crippen molar-refractivity contribution < 1.29 is 39.6 Å². The van der Waals surface area contributed by atoms with E-state index in [1.165, 1.54) is 29.9 Å². The zero-order valence-corrected chi connectivity index (χ0v) is 34.4. The number of sulfonamides is 1. The summed E-state index contributed by atoms with van der Waals surface area (Å²) >= 11 is 13.1. The van der Waals surface area contributed by atoms with E-state index < -0.39 is 87.7 Å². The van der Waals surface area contributed by atoms with Crippen molar-refractivity contribution in [2.24, 2.45) is 13.0 Å². The third-order valence-corrected chi connectivity index (χ3v) is 12.2. The number of aryl methyl sites for hydroxylation is 1. The molecule has 0 saturated heterocycles. The van der Waals surface area contributed by atoms with Gasteiger partial charge in [-0.05, 0) is 65.9 Å². The lowest BCUT2D eigenvalue weighted by atomic mass is 10.0. The van der Waals surface area contributed by atoms with E-state index in [0.29, 0.717) is 26.9 Å². The van der Waals surface area contributed by atoms with Gasteiger partial charge in [-0.1, -0.05) is 47.5 Å². The van der Waals surface area contributed by atoms with Crippen LogP contribution in [0.4, 0.5) is 32.2 Å². The monoisotopic (exact) mass is 914 g/mol. The summed E-state index contributed by atoms with van der Waals surface area (Å²) in [5, 5.41) is 11.2. The summed E-state index contributed by atoms with van der Waals surface area (Å²) in [6.45, 7) is -0.986. The summed E-state index contributed by atoms with van der Waals surface area (Å²) in [7, 11) is -2.46. The number of carbonyl (C=O) groups excluding carboxylic acids is 1. The summed E-state index contributed by atoms with van der Waals surface area (Å²) in [5.74, 6) is -9.05. The van der Waals surface area contributed by atoms with Gasteiger partial charge >= 0.3 is 0 Å². The Morgan fingerprint density at radius 3 is 2.40 bits per heavy atom. The normalized spacial score (nSPS) is 17.1. The summed E-state index contributed by atoms with van der Waals surface area (Å²) in [6.07, 6.45) is -2.78. The Morgan fingerprint density at radius 1 is 0.984 bits per heavy atom. The Morgan fingerprint density at radius 2 is 1.71 bits per heavy atom. The molecule has 7 aromatic rings. The predicted octanol–water partition coefficient (Wildman–Crippen LogP) is 8.34. The van der Waals surface area contributed by atoms with Gasteiger partial charge in [-0.3, -0.25) is 28.2 Å². The number of alkyl halides is 4. The van der Waals surface area contributed by atoms with Crippen LogP contribution in [0.3, 0.4) is 0 Å². The van der Waals surface area contributed by atoms with E-state index in [1.807, 2.05) is 0 Å². The molecule has 2 N–H and O–H groups in total. The maximum Gasteiger partial charge on any atom is 0.293 e. The van der Waals surface area contributed by atoms with Crippen molar-refractivity contribution in [3.8, 4) is 16.8 Å². The van der Waals surface area contributed by atoms with Gasteiger partial charge < -0.3 is 5.32 Å². The van der Waals surface area contributed by atoms with Crippen LogP contribution in [-0.4, -0.2) is 49.7 Å². The molecule has 2 aliphatic rings. The number of anilines is 1. The zero-order chi connectivity index (χ0) is 44.2. The van der Waals surface area contributed by atoms with Crippen LogP contribution >= 0.6 is 23.2 Å². The molecule has 0 aliphatic heterocycles. The van der Waals surface area contributed by atoms with Crippen molar-refractivity contribution in [2.75, 3.05) is 11.0 Å². The molecule has 3 atom stereocenters. The molecule has 1 saturated carbocycles. The highest BCUT2D eigenvalue weighted by Crippen LogP contribution is 2.68. The van der Waals surface area contributed by atoms with Gasteiger partial charge in [0.25, 0.3) is 17.9 Å². The zero-order valence-electron chi connectivity index (χ0n) is 32.1. The van der Waals surface area contributed by atoms with Crippen LogP contribution in [0.5, 0.6) is 0 Å². The fourth-order valence-electron chi connectivity index (χ4n) is 8.44. The number of amides is 1. The first-order chi connectivity index (χ1) is 29.3. The number of aromatic nitrogens is 6. The van der Waals surface area contributed by atoms with E-state index in [1.54, 1.807) is 36.4 Å². The second-order valence-electron chi connectivity index (χ2n) is 15.2. The minimum Gasteiger partial charge on any atom is -0.344 e. The summed E-state index contributed by atoms with van der Waals surface area (Å²) < 4.78 is 119. The Kier molecular flexibility index (Phi) is 9.94. The van der Waals surface area contributed by atoms with Crippen molar-refractivity contribution in [1.29, 1.82) is 0 Å². The van der Waals surface area contributed by atoms with Crippen LogP contribution < -0.4 is 15.6 Å². The van der Waals surface area contributed by atoms with Gasteiger partial charge in [0.15, 0.2) is 5.82 Å². The molecule has 0 bridgehead atoms. The maximum atomic E-state index is 15.5. The third-order valence-electron chi connectivity index (χ3n) is 11.0. The highest BCUT2D eigenvalue weighted by atomic mass is 35.5. The molecule has 320 valence electrons. The highest BCUT2D eigenvalue weighted by Gasteiger charge is 2.67. The number of rotatable bonds is 11. The van der Waals surface area contributed by atoms with E-state index in [-0.39, 0.29) is 61.7 Å². The van der Waals surface area contributed by atoms with Gasteiger partial charge in [-0.15, -0.1) is 0 Å². The van der Waals surface area contributed by atoms with Crippen molar-refractivity contribution in [3.05, 3.63) is 133 Å². The molecule has 1 fully saturated rings. The van der Waals surface area contributed by atoms with Crippen LogP contribution in [0.2, 0.25) is 10.0 Å². The third kappa shape index (κ3) is 7.14. The lowest BCUT2D eigenvalue weighted by Gasteiger charge is -2.24. The van der Waals surface area contributed by atoms with Crippen LogP contribution in [0, 0.1) is 17.6 Å². The number of hydrogen-bond acceptors (Lipinski definition) is 7. The molecule has 21 heteroatoms. The minimum absolute atomic E-state index is 0.00628. The average molecular weight is 916 g/mol. The SMILES string of the molecule is Cn1nc(NS(C)(=O)=O)c2c(Cl)ccc(-n3c([C@H](Cc4cc(F)cc(F)c4)NC(=O)Cn4nc(C(F)F)c5c4C(F)(F)C4C[C@H]54)nc4cc(-c5ccccc5Cl)ccc4c3=O)c21. The number of hydrogen-bond donors (Lipinski definition) is 2. The highest BCUT2D eigenvalue weighted by molar-refractivity contribution is 7.92. The first-order valence-electron chi connectivity index (χ1n) is 18.8. The van der Waals surface area contributed by atoms with Gasteiger partial charge in [-0.2, -0.15) is 19.0 Å². The number of fused-ring (bicyclic) bond motifs is 5. The van der Waals surface area contributed by atoms with Crippen molar-refractivity contribution >= 4 is 66.8 Å². The molecular weight excluding hydrogens is 885 g/mol. The Hall–Kier alpha value is -5.92. The summed E-state index contributed by atoms with van der Waals surface area (Å²) in [5.41, 5.74) is -1.41. The summed E-state index contributed by atoms with van der Waals surface area (Å²) in [4.78, 5) is 34.0. The summed E-state index contributed by atoms with van der Waals surface area (Å²) in [6, 6.07) is 15.4. The Bertz CT molecular complexity index is 3190. The number of halogens is 8. The maximum absolute atomic E-state index is 15.5. The largest absolute Gasteiger partial charge is 0.344 e. The predicted molar refractivity (Wildman–Crippen MR) is 218 cm³/mol. The van der Waals surface area contributed by atoms with Crippen LogP contribution in [0.1, 0.15) is 53.1 Å². The van der Waals surface area contributed by atoms with Gasteiger partial charge in [0.05, 0.1) is 44.8 Å². The molecule has 12 nitrogen and oxygen atoms in total. The first-order valence-corrected chi connectivity index (χ1v) is 21.4.